The normalized spacial score (nSPS) is 10.4. The van der Waals surface area contributed by atoms with Crippen molar-refractivity contribution in [1.82, 2.24) is 9.97 Å². The summed E-state index contributed by atoms with van der Waals surface area (Å²) in [5, 5.41) is 3.59. The van der Waals surface area contributed by atoms with E-state index >= 15 is 0 Å². The van der Waals surface area contributed by atoms with Crippen LogP contribution in [0.1, 0.15) is 17.7 Å². The summed E-state index contributed by atoms with van der Waals surface area (Å²) in [5.74, 6) is 0.617. The van der Waals surface area contributed by atoms with Crippen LogP contribution in [0.15, 0.2) is 35.6 Å². The van der Waals surface area contributed by atoms with Gasteiger partial charge in [0.1, 0.15) is 0 Å². The van der Waals surface area contributed by atoms with Crippen LogP contribution in [0.25, 0.3) is 0 Å². The first kappa shape index (κ1) is 15.3. The van der Waals surface area contributed by atoms with Gasteiger partial charge < -0.3 is 11.1 Å². The molecule has 0 spiro atoms. The van der Waals surface area contributed by atoms with Gasteiger partial charge in [-0.15, -0.1) is 0 Å². The second-order valence-corrected chi connectivity index (χ2v) is 5.76. The zero-order valence-electron chi connectivity index (χ0n) is 12.1. The molecule has 0 aliphatic carbocycles. The van der Waals surface area contributed by atoms with Crippen molar-refractivity contribution in [3.63, 3.8) is 0 Å². The summed E-state index contributed by atoms with van der Waals surface area (Å²) in [5.41, 5.74) is 9.06. The number of nitrogen functional groups attached to an aromatic ring is 1. The van der Waals surface area contributed by atoms with E-state index in [-0.39, 0.29) is 5.91 Å². The maximum Gasteiger partial charge on any atom is 0.225 e. The van der Waals surface area contributed by atoms with Crippen LogP contribution < -0.4 is 11.1 Å². The first-order valence-electron chi connectivity index (χ1n) is 6.63. The maximum atomic E-state index is 11.9. The molecule has 2 aromatic rings. The number of nitrogens with one attached hydrogen (secondary N) is 1. The molecule has 6 heteroatoms. The molecule has 0 unspecified atom stereocenters. The van der Waals surface area contributed by atoms with Crippen LogP contribution in [0, 0.1) is 13.8 Å². The lowest BCUT2D eigenvalue weighted by atomic mass is 10.2. The van der Waals surface area contributed by atoms with Crippen LogP contribution in [0.4, 0.5) is 11.4 Å². The Kier molecular flexibility index (Phi) is 5.16. The zero-order chi connectivity index (χ0) is 15.2. The van der Waals surface area contributed by atoms with Crippen LogP contribution in [-0.2, 0) is 4.79 Å². The average Bonchev–Trinajstić information content (AvgIpc) is 2.42. The molecular weight excluding hydrogens is 284 g/mol. The smallest absolute Gasteiger partial charge is 0.225 e. The summed E-state index contributed by atoms with van der Waals surface area (Å²) < 4.78 is 0. The highest BCUT2D eigenvalue weighted by Gasteiger charge is 2.06. The molecule has 0 saturated heterocycles. The predicted molar refractivity (Wildman–Crippen MR) is 86.3 cm³/mol. The molecule has 5 nitrogen and oxygen atoms in total. The van der Waals surface area contributed by atoms with Gasteiger partial charge in [-0.05, 0) is 43.7 Å². The topological polar surface area (TPSA) is 80.9 Å². The first-order chi connectivity index (χ1) is 10.0. The van der Waals surface area contributed by atoms with E-state index in [0.717, 1.165) is 16.9 Å². The molecule has 1 aromatic heterocycles. The lowest BCUT2D eigenvalue weighted by Gasteiger charge is -2.08. The van der Waals surface area contributed by atoms with Crippen LogP contribution in [0.2, 0.25) is 0 Å². The van der Waals surface area contributed by atoms with Crippen molar-refractivity contribution < 1.29 is 4.79 Å². The van der Waals surface area contributed by atoms with Gasteiger partial charge >= 0.3 is 0 Å². The summed E-state index contributed by atoms with van der Waals surface area (Å²) in [6.07, 6.45) is 2.13. The second-order valence-electron chi connectivity index (χ2n) is 4.70. The number of benzene rings is 1. The number of thioether (sulfide) groups is 1. The Balaban J connectivity index is 1.82. The minimum absolute atomic E-state index is 0.0250. The molecule has 2 rings (SSSR count). The van der Waals surface area contributed by atoms with Crippen LogP contribution in [0.5, 0.6) is 0 Å². The lowest BCUT2D eigenvalue weighted by molar-refractivity contribution is -0.115. The monoisotopic (exact) mass is 302 g/mol. The standard InChI is InChI=1S/C15H18N4OS/c1-10-9-12(16)3-4-13(10)19-14(20)6-8-21-15-17-7-5-11(2)18-15/h3-5,7,9H,6,8,16H2,1-2H3,(H,19,20). The van der Waals surface area contributed by atoms with Crippen molar-refractivity contribution in [3.05, 3.63) is 41.7 Å². The second kappa shape index (κ2) is 7.08. The van der Waals surface area contributed by atoms with Crippen LogP contribution in [0.3, 0.4) is 0 Å². The summed E-state index contributed by atoms with van der Waals surface area (Å²) in [6.45, 7) is 3.84. The predicted octanol–water partition coefficient (Wildman–Crippen LogP) is 2.80. The van der Waals surface area contributed by atoms with Gasteiger partial charge in [-0.1, -0.05) is 11.8 Å². The highest BCUT2D eigenvalue weighted by Crippen LogP contribution is 2.18. The Morgan fingerprint density at radius 2 is 2.14 bits per heavy atom. The number of rotatable bonds is 5. The molecule has 110 valence electrons. The molecule has 0 fully saturated rings. The number of aryl methyl sites for hydroxylation is 2. The quantitative estimate of drug-likeness (QED) is 0.504. The number of nitrogens with two attached hydrogens (primary N) is 1. The highest BCUT2D eigenvalue weighted by atomic mass is 32.2. The van der Waals surface area contributed by atoms with Gasteiger partial charge in [0.2, 0.25) is 5.91 Å². The zero-order valence-corrected chi connectivity index (χ0v) is 12.9. The number of carbonyl (C=O) groups excluding carboxylic acids is 1. The van der Waals surface area contributed by atoms with Crippen LogP contribution >= 0.6 is 11.8 Å². The molecular formula is C15H18N4OS. The number of carbonyl (C=O) groups is 1. The molecule has 1 heterocycles. The Bertz CT molecular complexity index is 645. The fourth-order valence-electron chi connectivity index (χ4n) is 1.77. The third kappa shape index (κ3) is 4.75. The van der Waals surface area contributed by atoms with E-state index in [1.165, 1.54) is 11.8 Å². The van der Waals surface area contributed by atoms with Crippen molar-refractivity contribution in [3.8, 4) is 0 Å². The van der Waals surface area contributed by atoms with Crippen molar-refractivity contribution in [1.29, 1.82) is 0 Å². The molecule has 0 aliphatic rings. The van der Waals surface area contributed by atoms with Gasteiger partial charge in [-0.2, -0.15) is 0 Å². The number of hydrogen-bond acceptors (Lipinski definition) is 5. The lowest BCUT2D eigenvalue weighted by Crippen LogP contribution is -2.13. The van der Waals surface area contributed by atoms with E-state index < -0.39 is 0 Å². The summed E-state index contributed by atoms with van der Waals surface area (Å²) in [6, 6.07) is 7.28. The number of aromatic nitrogens is 2. The number of anilines is 2. The number of amides is 1. The van der Waals surface area contributed by atoms with E-state index in [2.05, 4.69) is 15.3 Å². The average molecular weight is 302 g/mol. The molecule has 0 radical (unpaired) electrons. The largest absolute Gasteiger partial charge is 0.399 e. The Labute approximate surface area is 128 Å². The Hall–Kier alpha value is -2.08. The minimum Gasteiger partial charge on any atom is -0.399 e. The maximum absolute atomic E-state index is 11.9. The molecule has 0 atom stereocenters. The van der Waals surface area contributed by atoms with E-state index in [1.807, 2.05) is 32.0 Å². The van der Waals surface area contributed by atoms with E-state index in [4.69, 9.17) is 5.73 Å². The Morgan fingerprint density at radius 3 is 2.86 bits per heavy atom. The highest BCUT2D eigenvalue weighted by molar-refractivity contribution is 7.99. The Morgan fingerprint density at radius 1 is 1.33 bits per heavy atom. The van der Waals surface area contributed by atoms with E-state index in [1.54, 1.807) is 12.3 Å². The van der Waals surface area contributed by atoms with E-state index in [9.17, 15) is 4.79 Å². The van der Waals surface area contributed by atoms with Crippen molar-refractivity contribution in [2.24, 2.45) is 0 Å². The van der Waals surface area contributed by atoms with Gasteiger partial charge in [-0.25, -0.2) is 9.97 Å². The number of nitrogens with zero attached hydrogens (tertiary/aromatic N) is 2. The van der Waals surface area contributed by atoms with Gasteiger partial charge in [0.15, 0.2) is 5.16 Å². The molecule has 0 aliphatic heterocycles. The van der Waals surface area contributed by atoms with Gasteiger partial charge in [0.25, 0.3) is 0 Å². The fraction of sp³-hybridized carbons (Fsp3) is 0.267. The summed E-state index contributed by atoms with van der Waals surface area (Å²) in [7, 11) is 0. The molecule has 0 saturated carbocycles. The van der Waals surface area contributed by atoms with E-state index in [0.29, 0.717) is 23.0 Å². The molecule has 1 amide bonds. The first-order valence-corrected chi connectivity index (χ1v) is 7.61. The summed E-state index contributed by atoms with van der Waals surface area (Å²) >= 11 is 1.48. The molecule has 3 N–H and O–H groups in total. The minimum atomic E-state index is -0.0250. The molecule has 0 bridgehead atoms. The van der Waals surface area contributed by atoms with Crippen LogP contribution in [-0.4, -0.2) is 21.6 Å². The molecule has 1 aromatic carbocycles. The van der Waals surface area contributed by atoms with Gasteiger partial charge in [0, 0.05) is 35.4 Å². The SMILES string of the molecule is Cc1ccnc(SCCC(=O)Nc2ccc(N)cc2C)n1. The fourth-order valence-corrected chi connectivity index (χ4v) is 2.58. The van der Waals surface area contributed by atoms with Gasteiger partial charge in [-0.3, -0.25) is 4.79 Å². The molecule has 21 heavy (non-hydrogen) atoms. The van der Waals surface area contributed by atoms with Crippen molar-refractivity contribution in [2.75, 3.05) is 16.8 Å². The van der Waals surface area contributed by atoms with Gasteiger partial charge in [0.05, 0.1) is 0 Å². The third-order valence-electron chi connectivity index (χ3n) is 2.86. The third-order valence-corrected chi connectivity index (χ3v) is 3.72. The van der Waals surface area contributed by atoms with Crippen molar-refractivity contribution >= 4 is 29.0 Å². The summed E-state index contributed by atoms with van der Waals surface area (Å²) in [4.78, 5) is 20.3. The van der Waals surface area contributed by atoms with Crippen molar-refractivity contribution in [2.45, 2.75) is 25.4 Å². The number of hydrogen-bond donors (Lipinski definition) is 2.